The van der Waals surface area contributed by atoms with E-state index in [0.29, 0.717) is 11.8 Å². The lowest BCUT2D eigenvalue weighted by Crippen LogP contribution is -2.22. The third-order valence-corrected chi connectivity index (χ3v) is 5.83. The highest BCUT2D eigenvalue weighted by atomic mass is 16.3. The summed E-state index contributed by atoms with van der Waals surface area (Å²) in [6.45, 7) is 6.66. The van der Waals surface area contributed by atoms with Gasteiger partial charge in [0, 0.05) is 17.5 Å². The fraction of sp³-hybridized carbons (Fsp3) is 0.417. The standard InChI is InChI=1S/C24H30O3/c1-15(2)21-11-4-16(3)12-22(21)24-18(13-20(26)14-23(24)27)8-5-17-6-9-19(25)10-7-17/h6-7,9-10,12-15,21-22,25-27H,4-5,8,11H2,1-3H3/t21-,22-/m1/s1. The molecule has 0 unspecified atom stereocenters. The normalized spacial score (nSPS) is 19.9. The van der Waals surface area contributed by atoms with Gasteiger partial charge in [0.2, 0.25) is 0 Å². The second-order valence-corrected chi connectivity index (χ2v) is 8.19. The zero-order chi connectivity index (χ0) is 19.6. The Labute approximate surface area is 162 Å². The molecule has 0 spiro atoms. The SMILES string of the molecule is CC1=C[C@@H](c2c(O)cc(O)cc2CCc2ccc(O)cc2)[C@@H](C(C)C)CC1. The van der Waals surface area contributed by atoms with Crippen LogP contribution >= 0.6 is 0 Å². The summed E-state index contributed by atoms with van der Waals surface area (Å²) >= 11 is 0. The molecule has 3 nitrogen and oxygen atoms in total. The van der Waals surface area contributed by atoms with E-state index < -0.39 is 0 Å². The van der Waals surface area contributed by atoms with E-state index in [9.17, 15) is 15.3 Å². The van der Waals surface area contributed by atoms with Crippen LogP contribution in [0.5, 0.6) is 17.2 Å². The first kappa shape index (κ1) is 19.3. The molecule has 0 heterocycles. The maximum absolute atomic E-state index is 10.7. The van der Waals surface area contributed by atoms with Crippen molar-refractivity contribution < 1.29 is 15.3 Å². The molecule has 2 aromatic rings. The van der Waals surface area contributed by atoms with Gasteiger partial charge in [-0.15, -0.1) is 0 Å². The predicted molar refractivity (Wildman–Crippen MR) is 109 cm³/mol. The summed E-state index contributed by atoms with van der Waals surface area (Å²) in [5, 5.41) is 30.3. The largest absolute Gasteiger partial charge is 0.508 e. The molecule has 1 aliphatic carbocycles. The third-order valence-electron chi connectivity index (χ3n) is 5.83. The summed E-state index contributed by atoms with van der Waals surface area (Å²) in [4.78, 5) is 0. The monoisotopic (exact) mass is 366 g/mol. The number of phenols is 3. The highest BCUT2D eigenvalue weighted by Crippen LogP contribution is 2.45. The van der Waals surface area contributed by atoms with Crippen LogP contribution in [0.15, 0.2) is 48.0 Å². The number of phenolic OH excluding ortho intramolecular Hbond substituents is 3. The molecule has 27 heavy (non-hydrogen) atoms. The van der Waals surface area contributed by atoms with Crippen molar-refractivity contribution >= 4 is 0 Å². The summed E-state index contributed by atoms with van der Waals surface area (Å²) in [7, 11) is 0. The summed E-state index contributed by atoms with van der Waals surface area (Å²) < 4.78 is 0. The van der Waals surface area contributed by atoms with Crippen LogP contribution in [0.4, 0.5) is 0 Å². The van der Waals surface area contributed by atoms with Gasteiger partial charge in [-0.1, -0.05) is 37.6 Å². The van der Waals surface area contributed by atoms with Crippen molar-refractivity contribution in [3.63, 3.8) is 0 Å². The van der Waals surface area contributed by atoms with Crippen LogP contribution in [0.25, 0.3) is 0 Å². The maximum atomic E-state index is 10.7. The van der Waals surface area contributed by atoms with Gasteiger partial charge in [-0.3, -0.25) is 0 Å². The molecule has 0 saturated carbocycles. The molecule has 2 aromatic carbocycles. The molecule has 3 rings (SSSR count). The van der Waals surface area contributed by atoms with Gasteiger partial charge in [0.15, 0.2) is 0 Å². The fourth-order valence-corrected chi connectivity index (χ4v) is 4.35. The number of rotatable bonds is 5. The maximum Gasteiger partial charge on any atom is 0.123 e. The first-order chi connectivity index (χ1) is 12.8. The molecule has 3 N–H and O–H groups in total. The zero-order valence-electron chi connectivity index (χ0n) is 16.4. The summed E-state index contributed by atoms with van der Waals surface area (Å²) in [6.07, 6.45) is 6.07. The van der Waals surface area contributed by atoms with E-state index >= 15 is 0 Å². The lowest BCUT2D eigenvalue weighted by atomic mass is 9.70. The first-order valence-corrected chi connectivity index (χ1v) is 9.85. The minimum Gasteiger partial charge on any atom is -0.508 e. The lowest BCUT2D eigenvalue weighted by Gasteiger charge is -2.34. The van der Waals surface area contributed by atoms with Crippen LogP contribution in [0.1, 0.15) is 56.2 Å². The Morgan fingerprint density at radius 2 is 1.67 bits per heavy atom. The topological polar surface area (TPSA) is 60.7 Å². The Morgan fingerprint density at radius 1 is 0.963 bits per heavy atom. The van der Waals surface area contributed by atoms with Gasteiger partial charge in [-0.05, 0) is 73.8 Å². The Hall–Kier alpha value is -2.42. The Kier molecular flexibility index (Phi) is 5.79. The second-order valence-electron chi connectivity index (χ2n) is 8.19. The van der Waals surface area contributed by atoms with E-state index in [1.807, 2.05) is 12.1 Å². The van der Waals surface area contributed by atoms with Crippen molar-refractivity contribution in [1.82, 2.24) is 0 Å². The van der Waals surface area contributed by atoms with Gasteiger partial charge < -0.3 is 15.3 Å². The van der Waals surface area contributed by atoms with Crippen molar-refractivity contribution in [2.45, 2.75) is 52.4 Å². The van der Waals surface area contributed by atoms with E-state index in [1.54, 1.807) is 18.2 Å². The number of aryl methyl sites for hydroxylation is 2. The average molecular weight is 367 g/mol. The van der Waals surface area contributed by atoms with Crippen LogP contribution in [0, 0.1) is 11.8 Å². The molecule has 0 saturated heterocycles. The van der Waals surface area contributed by atoms with Gasteiger partial charge in [0.25, 0.3) is 0 Å². The van der Waals surface area contributed by atoms with E-state index in [0.717, 1.165) is 42.4 Å². The van der Waals surface area contributed by atoms with Crippen molar-refractivity contribution in [1.29, 1.82) is 0 Å². The molecule has 0 aromatic heterocycles. The minimum atomic E-state index is 0.106. The Morgan fingerprint density at radius 3 is 2.33 bits per heavy atom. The number of benzene rings is 2. The molecular formula is C24H30O3. The van der Waals surface area contributed by atoms with Gasteiger partial charge in [-0.2, -0.15) is 0 Å². The number of hydrogen-bond acceptors (Lipinski definition) is 3. The molecule has 0 radical (unpaired) electrons. The van der Waals surface area contributed by atoms with Crippen molar-refractivity contribution in [3.05, 3.63) is 64.7 Å². The number of hydrogen-bond donors (Lipinski definition) is 3. The van der Waals surface area contributed by atoms with Crippen LogP contribution in [0.2, 0.25) is 0 Å². The Balaban J connectivity index is 1.96. The summed E-state index contributed by atoms with van der Waals surface area (Å²) in [6, 6.07) is 10.5. The quantitative estimate of drug-likeness (QED) is 0.596. The van der Waals surface area contributed by atoms with E-state index in [1.165, 1.54) is 11.6 Å². The average Bonchev–Trinajstić information content (AvgIpc) is 2.60. The second kappa shape index (κ2) is 8.08. The van der Waals surface area contributed by atoms with Crippen LogP contribution in [0.3, 0.4) is 0 Å². The summed E-state index contributed by atoms with van der Waals surface area (Å²) in [5.41, 5.74) is 4.46. The van der Waals surface area contributed by atoms with E-state index in [-0.39, 0.29) is 23.2 Å². The predicted octanol–water partition coefficient (Wildman–Crippen LogP) is 5.68. The van der Waals surface area contributed by atoms with Crippen LogP contribution < -0.4 is 0 Å². The van der Waals surface area contributed by atoms with Gasteiger partial charge in [-0.25, -0.2) is 0 Å². The number of aromatic hydroxyl groups is 3. The van der Waals surface area contributed by atoms with Crippen molar-refractivity contribution in [3.8, 4) is 17.2 Å². The first-order valence-electron chi connectivity index (χ1n) is 9.85. The van der Waals surface area contributed by atoms with E-state index in [4.69, 9.17) is 0 Å². The van der Waals surface area contributed by atoms with Gasteiger partial charge >= 0.3 is 0 Å². The minimum absolute atomic E-state index is 0.106. The smallest absolute Gasteiger partial charge is 0.123 e. The molecule has 2 atom stereocenters. The molecule has 1 aliphatic rings. The van der Waals surface area contributed by atoms with Gasteiger partial charge in [0.1, 0.15) is 17.2 Å². The highest BCUT2D eigenvalue weighted by Gasteiger charge is 2.31. The molecule has 144 valence electrons. The lowest BCUT2D eigenvalue weighted by molar-refractivity contribution is 0.308. The molecule has 0 fully saturated rings. The molecule has 0 bridgehead atoms. The Bertz CT molecular complexity index is 818. The van der Waals surface area contributed by atoms with Crippen LogP contribution in [-0.2, 0) is 12.8 Å². The van der Waals surface area contributed by atoms with Crippen molar-refractivity contribution in [2.75, 3.05) is 0 Å². The molecule has 3 heteroatoms. The van der Waals surface area contributed by atoms with Gasteiger partial charge in [0.05, 0.1) is 0 Å². The van der Waals surface area contributed by atoms with Crippen LogP contribution in [-0.4, -0.2) is 15.3 Å². The summed E-state index contributed by atoms with van der Waals surface area (Å²) in [5.74, 6) is 1.74. The zero-order valence-corrected chi connectivity index (χ0v) is 16.4. The van der Waals surface area contributed by atoms with Crippen molar-refractivity contribution in [2.24, 2.45) is 11.8 Å². The number of allylic oxidation sites excluding steroid dienone is 2. The third kappa shape index (κ3) is 4.47. The molecule has 0 aliphatic heterocycles. The molecular weight excluding hydrogens is 336 g/mol. The fourth-order valence-electron chi connectivity index (χ4n) is 4.35. The highest BCUT2D eigenvalue weighted by molar-refractivity contribution is 5.50. The van der Waals surface area contributed by atoms with E-state index in [2.05, 4.69) is 26.8 Å². The molecule has 0 amide bonds.